The Labute approximate surface area is 155 Å². The maximum absolute atomic E-state index is 6.03. The first-order chi connectivity index (χ1) is 12.2. The van der Waals surface area contributed by atoms with Crippen LogP contribution in [0.2, 0.25) is 10.0 Å². The molecule has 0 fully saturated rings. The number of rotatable bonds is 5. The van der Waals surface area contributed by atoms with Gasteiger partial charge in [0.15, 0.2) is 17.4 Å². The number of hydrogen-bond donors (Lipinski definition) is 2. The predicted molar refractivity (Wildman–Crippen MR) is 93.3 cm³/mol. The van der Waals surface area contributed by atoms with Gasteiger partial charge in [-0.05, 0) is 30.3 Å². The van der Waals surface area contributed by atoms with E-state index in [-0.39, 0.29) is 0 Å². The molecule has 3 aromatic heterocycles. The minimum absolute atomic E-state index is 0.512. The zero-order chi connectivity index (χ0) is 17.2. The predicted octanol–water partition coefficient (Wildman–Crippen LogP) is 3.84. The van der Waals surface area contributed by atoms with E-state index in [1.807, 2.05) is 6.07 Å². The van der Waals surface area contributed by atoms with Gasteiger partial charge in [-0.25, -0.2) is 0 Å². The average Bonchev–Trinajstić information content (AvgIpc) is 3.32. The molecule has 11 heteroatoms. The van der Waals surface area contributed by atoms with E-state index in [9.17, 15) is 0 Å². The Bertz CT molecular complexity index is 978. The fourth-order valence-electron chi connectivity index (χ4n) is 2.11. The molecule has 0 amide bonds. The van der Waals surface area contributed by atoms with Gasteiger partial charge in [-0.2, -0.15) is 10.2 Å². The third-order valence-corrected chi connectivity index (χ3v) is 4.45. The largest absolute Gasteiger partial charge is 0.453 e. The fraction of sp³-hybridized carbons (Fsp3) is 0.0714. The second-order valence-electron chi connectivity index (χ2n) is 4.91. The van der Waals surface area contributed by atoms with E-state index in [0.29, 0.717) is 44.1 Å². The molecule has 0 unspecified atom stereocenters. The summed E-state index contributed by atoms with van der Waals surface area (Å²) in [5.41, 5.74) is 0.787. The number of hydrogen-bond acceptors (Lipinski definition) is 7. The zero-order valence-corrected chi connectivity index (χ0v) is 14.7. The van der Waals surface area contributed by atoms with Gasteiger partial charge in [-0.15, -0.1) is 15.3 Å². The molecular weight excluding hydrogens is 385 g/mol. The first kappa shape index (κ1) is 16.1. The van der Waals surface area contributed by atoms with Crippen molar-refractivity contribution in [2.24, 2.45) is 0 Å². The Morgan fingerprint density at radius 2 is 1.84 bits per heavy atom. The highest BCUT2D eigenvalue weighted by molar-refractivity contribution is 7.98. The van der Waals surface area contributed by atoms with E-state index < -0.39 is 0 Å². The lowest BCUT2D eigenvalue weighted by molar-refractivity contribution is 0.592. The molecule has 126 valence electrons. The SMILES string of the molecule is Clc1cc(Cl)cc(-c2ccc(-c3nc(SCc4nn[nH]n4)n[nH]3)o2)c1. The van der Waals surface area contributed by atoms with Crippen LogP contribution in [0.1, 0.15) is 5.82 Å². The number of halogens is 2. The van der Waals surface area contributed by atoms with Crippen LogP contribution in [0.5, 0.6) is 0 Å². The van der Waals surface area contributed by atoms with E-state index in [4.69, 9.17) is 27.6 Å². The third kappa shape index (κ3) is 3.68. The number of H-pyrrole nitrogens is 2. The minimum Gasteiger partial charge on any atom is -0.453 e. The molecule has 0 bridgehead atoms. The molecule has 0 aliphatic rings. The summed E-state index contributed by atoms with van der Waals surface area (Å²) >= 11 is 13.4. The first-order valence-corrected chi connectivity index (χ1v) is 8.76. The summed E-state index contributed by atoms with van der Waals surface area (Å²) < 4.78 is 5.83. The first-order valence-electron chi connectivity index (χ1n) is 7.01. The van der Waals surface area contributed by atoms with Crippen LogP contribution in [-0.2, 0) is 5.75 Å². The molecule has 8 nitrogen and oxygen atoms in total. The molecule has 0 aliphatic carbocycles. The smallest absolute Gasteiger partial charge is 0.209 e. The molecule has 0 radical (unpaired) electrons. The van der Waals surface area contributed by atoms with Crippen molar-refractivity contribution < 1.29 is 4.42 Å². The van der Waals surface area contributed by atoms with Crippen molar-refractivity contribution in [1.29, 1.82) is 0 Å². The molecule has 3 heterocycles. The number of benzene rings is 1. The highest BCUT2D eigenvalue weighted by atomic mass is 35.5. The number of aromatic nitrogens is 7. The van der Waals surface area contributed by atoms with Crippen molar-refractivity contribution in [2.75, 3.05) is 0 Å². The van der Waals surface area contributed by atoms with E-state index in [2.05, 4.69) is 35.8 Å². The summed E-state index contributed by atoms with van der Waals surface area (Å²) in [6.07, 6.45) is 0. The quantitative estimate of drug-likeness (QED) is 0.495. The second-order valence-corrected chi connectivity index (χ2v) is 6.72. The number of furan rings is 1. The lowest BCUT2D eigenvalue weighted by atomic mass is 10.2. The van der Waals surface area contributed by atoms with Gasteiger partial charge in [0.05, 0.1) is 5.75 Å². The molecule has 0 spiro atoms. The lowest BCUT2D eigenvalue weighted by Crippen LogP contribution is -1.85. The molecular formula is C14H9Cl2N7OS. The summed E-state index contributed by atoms with van der Waals surface area (Å²) in [4.78, 5) is 4.39. The molecule has 0 aliphatic heterocycles. The summed E-state index contributed by atoms with van der Waals surface area (Å²) in [6.45, 7) is 0. The summed E-state index contributed by atoms with van der Waals surface area (Å²) in [6, 6.07) is 8.86. The van der Waals surface area contributed by atoms with Crippen molar-refractivity contribution in [1.82, 2.24) is 35.8 Å². The summed E-state index contributed by atoms with van der Waals surface area (Å²) in [5, 5.41) is 22.3. The maximum Gasteiger partial charge on any atom is 0.209 e. The van der Waals surface area contributed by atoms with Gasteiger partial charge in [0.2, 0.25) is 5.16 Å². The minimum atomic E-state index is 0.512. The summed E-state index contributed by atoms with van der Waals surface area (Å²) in [7, 11) is 0. The van der Waals surface area contributed by atoms with Crippen molar-refractivity contribution in [3.63, 3.8) is 0 Å². The number of aromatic amines is 2. The Hall–Kier alpha value is -2.36. The molecule has 0 saturated heterocycles. The maximum atomic E-state index is 6.03. The molecule has 2 N–H and O–H groups in total. The molecule has 4 rings (SSSR count). The number of nitrogens with zero attached hydrogens (tertiary/aromatic N) is 5. The highest BCUT2D eigenvalue weighted by Gasteiger charge is 2.13. The summed E-state index contributed by atoms with van der Waals surface area (Å²) in [5.74, 6) is 2.81. The monoisotopic (exact) mass is 393 g/mol. The van der Waals surface area contributed by atoms with Crippen molar-refractivity contribution in [2.45, 2.75) is 10.9 Å². The van der Waals surface area contributed by atoms with Crippen LogP contribution in [0.3, 0.4) is 0 Å². The van der Waals surface area contributed by atoms with Gasteiger partial charge < -0.3 is 4.42 Å². The molecule has 4 aromatic rings. The number of nitrogens with one attached hydrogen (secondary N) is 2. The van der Waals surface area contributed by atoms with Crippen molar-refractivity contribution in [3.05, 3.63) is 46.2 Å². The Kier molecular flexibility index (Phi) is 4.43. The van der Waals surface area contributed by atoms with Gasteiger partial charge in [0.1, 0.15) is 5.76 Å². The second kappa shape index (κ2) is 6.87. The van der Waals surface area contributed by atoms with Crippen LogP contribution in [0.15, 0.2) is 39.9 Å². The topological polar surface area (TPSA) is 109 Å². The van der Waals surface area contributed by atoms with Crippen LogP contribution in [0, 0.1) is 0 Å². The van der Waals surface area contributed by atoms with Crippen molar-refractivity contribution >= 4 is 35.0 Å². The number of tetrazole rings is 1. The fourth-order valence-corrected chi connectivity index (χ4v) is 3.28. The van der Waals surface area contributed by atoms with E-state index in [1.165, 1.54) is 11.8 Å². The average molecular weight is 394 g/mol. The molecule has 25 heavy (non-hydrogen) atoms. The Balaban J connectivity index is 1.52. The van der Waals surface area contributed by atoms with Crippen LogP contribution >= 0.6 is 35.0 Å². The lowest BCUT2D eigenvalue weighted by Gasteiger charge is -1.99. The van der Waals surface area contributed by atoms with Crippen LogP contribution in [-0.4, -0.2) is 35.8 Å². The van der Waals surface area contributed by atoms with Gasteiger partial charge in [-0.3, -0.25) is 5.10 Å². The third-order valence-electron chi connectivity index (χ3n) is 3.17. The van der Waals surface area contributed by atoms with E-state index >= 15 is 0 Å². The Morgan fingerprint density at radius 3 is 2.60 bits per heavy atom. The van der Waals surface area contributed by atoms with E-state index in [0.717, 1.165) is 5.56 Å². The van der Waals surface area contributed by atoms with Gasteiger partial charge >= 0.3 is 0 Å². The van der Waals surface area contributed by atoms with Crippen LogP contribution in [0.25, 0.3) is 22.9 Å². The normalized spacial score (nSPS) is 11.1. The van der Waals surface area contributed by atoms with E-state index in [1.54, 1.807) is 24.3 Å². The highest BCUT2D eigenvalue weighted by Crippen LogP contribution is 2.31. The molecule has 1 aromatic carbocycles. The standard InChI is InChI=1S/C14H9Cl2N7OS/c15-8-3-7(4-9(16)5-8)10-1-2-11(24-10)13-17-14(21-20-13)25-6-12-18-22-23-19-12/h1-5H,6H2,(H,17,20,21)(H,18,19,22,23). The molecule has 0 saturated carbocycles. The Morgan fingerprint density at radius 1 is 1.04 bits per heavy atom. The van der Waals surface area contributed by atoms with Crippen LogP contribution in [0.4, 0.5) is 0 Å². The number of thioether (sulfide) groups is 1. The van der Waals surface area contributed by atoms with Gasteiger partial charge in [0, 0.05) is 15.6 Å². The molecule has 0 atom stereocenters. The van der Waals surface area contributed by atoms with Crippen LogP contribution < -0.4 is 0 Å². The van der Waals surface area contributed by atoms with Gasteiger partial charge in [-0.1, -0.05) is 40.2 Å². The zero-order valence-electron chi connectivity index (χ0n) is 12.4. The van der Waals surface area contributed by atoms with Crippen molar-refractivity contribution in [3.8, 4) is 22.9 Å². The van der Waals surface area contributed by atoms with Gasteiger partial charge in [0.25, 0.3) is 0 Å².